The molecule has 1 aromatic rings. The van der Waals surface area contributed by atoms with Crippen molar-refractivity contribution in [1.82, 2.24) is 0 Å². The topological polar surface area (TPSA) is 40.9 Å². The van der Waals surface area contributed by atoms with Gasteiger partial charge in [0.05, 0.1) is 21.3 Å². The van der Waals surface area contributed by atoms with E-state index in [4.69, 9.17) is 5.26 Å². The molecule has 68 valence electrons. The van der Waals surface area contributed by atoms with Crippen molar-refractivity contribution in [3.8, 4) is 6.07 Å². The number of rotatable bonds is 2. The number of benzene rings is 1. The van der Waals surface area contributed by atoms with Crippen LogP contribution in [0.3, 0.4) is 0 Å². The zero-order chi connectivity index (χ0) is 9.84. The van der Waals surface area contributed by atoms with Crippen molar-refractivity contribution in [2.24, 2.45) is 0 Å². The monoisotopic (exact) mass is 261 g/mol. The van der Waals surface area contributed by atoms with Crippen LogP contribution >= 0.6 is 15.9 Å². The molecule has 0 amide bonds. The molecule has 0 heterocycles. The van der Waals surface area contributed by atoms with E-state index < -0.39 is 16.6 Å². The third-order valence-electron chi connectivity index (χ3n) is 1.35. The Bertz CT molecular complexity index is 388. The van der Waals surface area contributed by atoms with E-state index in [0.29, 0.717) is 4.90 Å². The molecule has 1 rings (SSSR count). The van der Waals surface area contributed by atoms with Gasteiger partial charge in [-0.05, 0) is 34.1 Å². The van der Waals surface area contributed by atoms with Gasteiger partial charge in [-0.15, -0.1) is 0 Å². The summed E-state index contributed by atoms with van der Waals surface area (Å²) in [6, 6.07) is 5.84. The van der Waals surface area contributed by atoms with Crippen LogP contribution in [0.4, 0.5) is 4.39 Å². The maximum absolute atomic E-state index is 12.7. The molecule has 0 aliphatic rings. The van der Waals surface area contributed by atoms with Gasteiger partial charge in [0, 0.05) is 4.90 Å². The van der Waals surface area contributed by atoms with Gasteiger partial charge in [0.2, 0.25) is 0 Å². The van der Waals surface area contributed by atoms with Crippen molar-refractivity contribution in [2.75, 3.05) is 5.75 Å². The molecule has 1 atom stereocenters. The summed E-state index contributed by atoms with van der Waals surface area (Å²) in [4.78, 5) is 0.454. The predicted octanol–water partition coefficient (Wildman–Crippen LogP) is 2.22. The van der Waals surface area contributed by atoms with Gasteiger partial charge < -0.3 is 0 Å². The minimum absolute atomic E-state index is 0.0714. The lowest BCUT2D eigenvalue weighted by Crippen LogP contribution is -1.95. The normalized spacial score (nSPS) is 12.1. The van der Waals surface area contributed by atoms with Crippen LogP contribution in [-0.2, 0) is 10.8 Å². The van der Waals surface area contributed by atoms with E-state index in [9.17, 15) is 8.60 Å². The van der Waals surface area contributed by atoms with E-state index >= 15 is 0 Å². The molecule has 0 aromatic heterocycles. The van der Waals surface area contributed by atoms with Gasteiger partial charge >= 0.3 is 0 Å². The van der Waals surface area contributed by atoms with Crippen molar-refractivity contribution >= 4 is 26.7 Å². The Morgan fingerprint density at radius 3 is 2.85 bits per heavy atom. The highest BCUT2D eigenvalue weighted by atomic mass is 79.9. The molecule has 0 saturated carbocycles. The number of nitriles is 1. The van der Waals surface area contributed by atoms with E-state index in [1.165, 1.54) is 18.2 Å². The van der Waals surface area contributed by atoms with Crippen LogP contribution in [0, 0.1) is 17.1 Å². The fraction of sp³-hybridized carbons (Fsp3) is 0.125. The average Bonchev–Trinajstić information content (AvgIpc) is 2.10. The number of nitrogens with zero attached hydrogens (tertiary/aromatic N) is 1. The second-order valence-electron chi connectivity index (χ2n) is 2.22. The average molecular weight is 262 g/mol. The lowest BCUT2D eigenvalue weighted by Gasteiger charge is -1.98. The molecular weight excluding hydrogens is 257 g/mol. The van der Waals surface area contributed by atoms with E-state index in [-0.39, 0.29) is 10.2 Å². The predicted molar refractivity (Wildman–Crippen MR) is 51.0 cm³/mol. The van der Waals surface area contributed by atoms with Crippen molar-refractivity contribution in [3.63, 3.8) is 0 Å². The molecule has 0 bridgehead atoms. The van der Waals surface area contributed by atoms with Crippen LogP contribution in [-0.4, -0.2) is 9.96 Å². The van der Waals surface area contributed by atoms with Gasteiger partial charge in [-0.25, -0.2) is 4.39 Å². The van der Waals surface area contributed by atoms with Crippen LogP contribution in [0.2, 0.25) is 0 Å². The van der Waals surface area contributed by atoms with Gasteiger partial charge in [-0.2, -0.15) is 5.26 Å². The summed E-state index contributed by atoms with van der Waals surface area (Å²) in [5, 5.41) is 8.29. The molecule has 0 spiro atoms. The first-order chi connectivity index (χ1) is 6.15. The van der Waals surface area contributed by atoms with Crippen LogP contribution < -0.4 is 0 Å². The minimum atomic E-state index is -1.36. The molecule has 13 heavy (non-hydrogen) atoms. The van der Waals surface area contributed by atoms with E-state index in [1.54, 1.807) is 6.07 Å². The van der Waals surface area contributed by atoms with Gasteiger partial charge in [0.1, 0.15) is 11.6 Å². The Balaban J connectivity index is 2.98. The smallest absolute Gasteiger partial charge is 0.137 e. The van der Waals surface area contributed by atoms with Gasteiger partial charge in [0.15, 0.2) is 0 Å². The Hall–Kier alpha value is -0.730. The van der Waals surface area contributed by atoms with E-state index in [0.717, 1.165) is 0 Å². The highest BCUT2D eigenvalue weighted by Gasteiger charge is 2.05. The first kappa shape index (κ1) is 10.4. The molecule has 0 saturated heterocycles. The second-order valence-corrected chi connectivity index (χ2v) is 4.53. The molecule has 0 N–H and O–H groups in total. The molecule has 0 aliphatic carbocycles. The van der Waals surface area contributed by atoms with Crippen molar-refractivity contribution in [1.29, 1.82) is 5.26 Å². The SMILES string of the molecule is N#CCS(=O)c1ccc(F)c(Br)c1. The Labute approximate surface area is 86.0 Å². The minimum Gasteiger partial charge on any atom is -0.253 e. The maximum Gasteiger partial charge on any atom is 0.137 e. The molecule has 1 aromatic carbocycles. The number of halogens is 2. The summed E-state index contributed by atoms with van der Waals surface area (Å²) in [5.41, 5.74) is 0. The molecule has 0 radical (unpaired) electrons. The van der Waals surface area contributed by atoms with Crippen LogP contribution in [0.5, 0.6) is 0 Å². The zero-order valence-corrected chi connectivity index (χ0v) is 8.86. The maximum atomic E-state index is 12.7. The van der Waals surface area contributed by atoms with Crippen molar-refractivity contribution < 1.29 is 8.60 Å². The molecule has 2 nitrogen and oxygen atoms in total. The van der Waals surface area contributed by atoms with E-state index in [1.807, 2.05) is 0 Å². The quantitative estimate of drug-likeness (QED) is 0.819. The summed E-state index contributed by atoms with van der Waals surface area (Å²) in [6.07, 6.45) is 0. The van der Waals surface area contributed by atoms with Gasteiger partial charge in [-0.3, -0.25) is 4.21 Å². The highest BCUT2D eigenvalue weighted by molar-refractivity contribution is 9.10. The Kier molecular flexibility index (Phi) is 3.58. The summed E-state index contributed by atoms with van der Waals surface area (Å²) in [5.74, 6) is -0.476. The summed E-state index contributed by atoms with van der Waals surface area (Å²) < 4.78 is 24.3. The number of hydrogen-bond acceptors (Lipinski definition) is 2. The third-order valence-corrected chi connectivity index (χ3v) is 3.13. The fourth-order valence-electron chi connectivity index (χ4n) is 0.760. The Morgan fingerprint density at radius 2 is 2.31 bits per heavy atom. The van der Waals surface area contributed by atoms with Gasteiger partial charge in [-0.1, -0.05) is 0 Å². The molecule has 5 heteroatoms. The largest absolute Gasteiger partial charge is 0.253 e. The molecule has 0 aliphatic heterocycles. The van der Waals surface area contributed by atoms with Crippen molar-refractivity contribution in [2.45, 2.75) is 4.90 Å². The fourth-order valence-corrected chi connectivity index (χ4v) is 2.04. The third kappa shape index (κ3) is 2.61. The summed E-state index contributed by atoms with van der Waals surface area (Å²) in [6.45, 7) is 0. The van der Waals surface area contributed by atoms with Gasteiger partial charge in [0.25, 0.3) is 0 Å². The van der Waals surface area contributed by atoms with Crippen LogP contribution in [0.15, 0.2) is 27.6 Å². The summed E-state index contributed by atoms with van der Waals surface area (Å²) >= 11 is 2.97. The Morgan fingerprint density at radius 1 is 1.62 bits per heavy atom. The second kappa shape index (κ2) is 4.49. The van der Waals surface area contributed by atoms with Crippen molar-refractivity contribution in [3.05, 3.63) is 28.5 Å². The van der Waals surface area contributed by atoms with Crippen LogP contribution in [0.1, 0.15) is 0 Å². The highest BCUT2D eigenvalue weighted by Crippen LogP contribution is 2.18. The first-order valence-electron chi connectivity index (χ1n) is 3.35. The van der Waals surface area contributed by atoms with Crippen LogP contribution in [0.25, 0.3) is 0 Å². The summed E-state index contributed by atoms with van der Waals surface area (Å²) in [7, 11) is -1.36. The zero-order valence-electron chi connectivity index (χ0n) is 6.46. The lowest BCUT2D eigenvalue weighted by atomic mass is 10.3. The molecule has 0 fully saturated rings. The standard InChI is InChI=1S/C8H5BrFNOS/c9-7-5-6(1-2-8(7)10)13(12)4-3-11/h1-2,5H,4H2. The molecule has 1 unspecified atom stereocenters. The molecular formula is C8H5BrFNOS. The lowest BCUT2D eigenvalue weighted by molar-refractivity contribution is 0.619. The first-order valence-corrected chi connectivity index (χ1v) is 5.46. The van der Waals surface area contributed by atoms with E-state index in [2.05, 4.69) is 15.9 Å². The number of hydrogen-bond donors (Lipinski definition) is 0.